The minimum atomic E-state index is -0.278. The van der Waals surface area contributed by atoms with Crippen LogP contribution in [0.25, 0.3) is 55.7 Å². The molecular formula is C71H70. The van der Waals surface area contributed by atoms with Crippen molar-refractivity contribution in [3.05, 3.63) is 273 Å². The largest absolute Gasteiger partial charge is 0.0905 e. The Bertz CT molecular complexity index is 3280. The summed E-state index contributed by atoms with van der Waals surface area (Å²) in [5.41, 5.74) is 31.3. The Morgan fingerprint density at radius 3 is 1.58 bits per heavy atom. The molecule has 0 saturated heterocycles. The van der Waals surface area contributed by atoms with Crippen molar-refractivity contribution in [1.29, 1.82) is 0 Å². The molecule has 0 heterocycles. The molecule has 13 rings (SSSR count). The van der Waals surface area contributed by atoms with Gasteiger partial charge in [0.2, 0.25) is 0 Å². The van der Waals surface area contributed by atoms with Gasteiger partial charge in [0.25, 0.3) is 0 Å². The Morgan fingerprint density at radius 2 is 0.944 bits per heavy atom. The molecule has 1 unspecified atom stereocenters. The van der Waals surface area contributed by atoms with E-state index in [1.165, 1.54) is 126 Å². The number of hydrogen-bond acceptors (Lipinski definition) is 0. The fraction of sp³-hybridized carbons (Fsp3) is 0.211. The molecule has 0 saturated carbocycles. The Labute approximate surface area is 425 Å². The molecule has 0 N–H and O–H groups in total. The predicted molar refractivity (Wildman–Crippen MR) is 308 cm³/mol. The number of rotatable bonds is 3. The molecule has 0 aliphatic heterocycles. The van der Waals surface area contributed by atoms with Crippen LogP contribution in [-0.2, 0) is 11.8 Å². The van der Waals surface area contributed by atoms with E-state index in [4.69, 9.17) is 6.58 Å². The summed E-state index contributed by atoms with van der Waals surface area (Å²) in [6, 6.07) is 67.1. The van der Waals surface area contributed by atoms with Gasteiger partial charge in [0.15, 0.2) is 0 Å². The summed E-state index contributed by atoms with van der Waals surface area (Å²) in [6.07, 6.45) is 11.9. The third-order valence-corrected chi connectivity index (χ3v) is 15.2. The first-order chi connectivity index (χ1) is 34.8. The Morgan fingerprint density at radius 1 is 0.423 bits per heavy atom. The standard InChI is InChI=1S/C41H32.C14H14.C12H12.2C2H6/c1-26-11-15-29(16-12-26)31-20-22-39-37(23-31)36-8-4-5-10-38(36)41(39)25-33-7-6-9-34(33)28(3)35-21-19-32(24-40(35)41)30-17-13-27(2)14-18-30;1-11-7-3-5-9-13(11)14-10-6-4-8-12(14)2;1-2-6-11-9(4-1)8-10-5-3-7-12(10)11;2*1-2/h4-6,8-24H,3,7,25H2,1-2H3;3-10H,1-2H3;1-2,4,6H,3,5,7-8H2;2*1-2H3. The van der Waals surface area contributed by atoms with E-state index in [1.807, 2.05) is 27.7 Å². The third-order valence-electron chi connectivity index (χ3n) is 15.2. The Balaban J connectivity index is 0.000000168. The van der Waals surface area contributed by atoms with Crippen LogP contribution in [0, 0.1) is 27.7 Å². The molecule has 354 valence electrons. The normalized spacial score (nSPS) is 16.0. The van der Waals surface area contributed by atoms with Crippen LogP contribution in [0.5, 0.6) is 0 Å². The summed E-state index contributed by atoms with van der Waals surface area (Å²) in [5, 5.41) is 0. The maximum atomic E-state index is 4.69. The van der Waals surface area contributed by atoms with Gasteiger partial charge in [-0.15, -0.1) is 0 Å². The van der Waals surface area contributed by atoms with Crippen LogP contribution in [0.3, 0.4) is 0 Å². The van der Waals surface area contributed by atoms with Crippen molar-refractivity contribution in [2.24, 2.45) is 0 Å². The number of benzene rings is 8. The first kappa shape index (κ1) is 48.7. The maximum absolute atomic E-state index is 4.69. The molecule has 0 nitrogen and oxygen atoms in total. The zero-order valence-electron chi connectivity index (χ0n) is 43.4. The summed E-state index contributed by atoms with van der Waals surface area (Å²) < 4.78 is 0. The molecule has 0 radical (unpaired) electrons. The maximum Gasteiger partial charge on any atom is 0.0507 e. The van der Waals surface area contributed by atoms with Crippen molar-refractivity contribution in [1.82, 2.24) is 0 Å². The van der Waals surface area contributed by atoms with Gasteiger partial charge in [-0.1, -0.05) is 239 Å². The topological polar surface area (TPSA) is 0 Å². The van der Waals surface area contributed by atoms with Crippen LogP contribution in [0.2, 0.25) is 0 Å². The fourth-order valence-corrected chi connectivity index (χ4v) is 11.7. The van der Waals surface area contributed by atoms with E-state index in [2.05, 4.69) is 222 Å². The van der Waals surface area contributed by atoms with Crippen molar-refractivity contribution >= 4 is 11.1 Å². The van der Waals surface area contributed by atoms with Crippen LogP contribution in [0.15, 0.2) is 217 Å². The van der Waals surface area contributed by atoms with Crippen LogP contribution in [0.4, 0.5) is 0 Å². The van der Waals surface area contributed by atoms with E-state index in [1.54, 1.807) is 22.3 Å². The summed E-state index contributed by atoms with van der Waals surface area (Å²) in [4.78, 5) is 0. The summed E-state index contributed by atoms with van der Waals surface area (Å²) >= 11 is 0. The average molecular weight is 923 g/mol. The minimum absolute atomic E-state index is 0.278. The van der Waals surface area contributed by atoms with Crippen LogP contribution in [0.1, 0.15) is 115 Å². The van der Waals surface area contributed by atoms with Gasteiger partial charge in [-0.3, -0.25) is 0 Å². The summed E-state index contributed by atoms with van der Waals surface area (Å²) in [7, 11) is 0. The molecular weight excluding hydrogens is 853 g/mol. The van der Waals surface area contributed by atoms with Gasteiger partial charge in [0.1, 0.15) is 0 Å². The van der Waals surface area contributed by atoms with Crippen LogP contribution < -0.4 is 0 Å². The third kappa shape index (κ3) is 9.30. The lowest BCUT2D eigenvalue weighted by Gasteiger charge is -2.34. The molecule has 0 fully saturated rings. The lowest BCUT2D eigenvalue weighted by atomic mass is 9.67. The second-order valence-corrected chi connectivity index (χ2v) is 19.4. The van der Waals surface area contributed by atoms with Crippen molar-refractivity contribution in [2.75, 3.05) is 0 Å². The molecule has 0 aromatic heterocycles. The van der Waals surface area contributed by atoms with Crippen molar-refractivity contribution < 1.29 is 0 Å². The average Bonchev–Trinajstić information content (AvgIpc) is 4.21. The smallest absolute Gasteiger partial charge is 0.0507 e. The van der Waals surface area contributed by atoms with E-state index in [9.17, 15) is 0 Å². The van der Waals surface area contributed by atoms with Crippen LogP contribution in [-0.4, -0.2) is 0 Å². The van der Waals surface area contributed by atoms with Gasteiger partial charge in [-0.05, 0) is 184 Å². The molecule has 5 aliphatic carbocycles. The van der Waals surface area contributed by atoms with Gasteiger partial charge in [-0.25, -0.2) is 0 Å². The zero-order chi connectivity index (χ0) is 49.6. The quantitative estimate of drug-likeness (QED) is 0.166. The van der Waals surface area contributed by atoms with Crippen molar-refractivity contribution in [2.45, 2.75) is 99.3 Å². The molecule has 71 heavy (non-hydrogen) atoms. The van der Waals surface area contributed by atoms with Gasteiger partial charge in [0, 0.05) is 0 Å². The highest BCUT2D eigenvalue weighted by Crippen LogP contribution is 2.60. The van der Waals surface area contributed by atoms with Crippen molar-refractivity contribution in [3.63, 3.8) is 0 Å². The number of aryl methyl sites for hydroxylation is 4. The van der Waals surface area contributed by atoms with Gasteiger partial charge in [0.05, 0.1) is 5.41 Å². The fourth-order valence-electron chi connectivity index (χ4n) is 11.7. The van der Waals surface area contributed by atoms with E-state index >= 15 is 0 Å². The second kappa shape index (κ2) is 21.4. The van der Waals surface area contributed by atoms with Gasteiger partial charge < -0.3 is 0 Å². The molecule has 0 heteroatoms. The molecule has 5 aliphatic rings. The van der Waals surface area contributed by atoms with E-state index in [-0.39, 0.29) is 5.41 Å². The lowest BCUT2D eigenvalue weighted by molar-refractivity contribution is 0.621. The molecule has 1 spiro atoms. The van der Waals surface area contributed by atoms with Gasteiger partial charge in [-0.2, -0.15) is 0 Å². The van der Waals surface area contributed by atoms with Crippen molar-refractivity contribution in [3.8, 4) is 44.5 Å². The first-order valence-corrected chi connectivity index (χ1v) is 26.3. The number of hydrogen-bond donors (Lipinski definition) is 0. The van der Waals surface area contributed by atoms with E-state index in [0.717, 1.165) is 18.4 Å². The highest BCUT2D eigenvalue weighted by atomic mass is 14.5. The number of allylic oxidation sites excluding steroid dienone is 7. The van der Waals surface area contributed by atoms with Crippen LogP contribution >= 0.6 is 0 Å². The lowest BCUT2D eigenvalue weighted by Crippen LogP contribution is -2.28. The minimum Gasteiger partial charge on any atom is -0.0905 e. The van der Waals surface area contributed by atoms with E-state index in [0.29, 0.717) is 0 Å². The molecule has 8 aromatic carbocycles. The number of fused-ring (bicyclic) bond motifs is 9. The predicted octanol–water partition coefficient (Wildman–Crippen LogP) is 19.8. The monoisotopic (exact) mass is 923 g/mol. The second-order valence-electron chi connectivity index (χ2n) is 19.4. The summed E-state index contributed by atoms with van der Waals surface area (Å²) in [5.74, 6) is 0. The zero-order valence-corrected chi connectivity index (χ0v) is 43.4. The molecule has 8 aromatic rings. The highest BCUT2D eigenvalue weighted by molar-refractivity contribution is 5.93. The van der Waals surface area contributed by atoms with E-state index < -0.39 is 0 Å². The van der Waals surface area contributed by atoms with Gasteiger partial charge >= 0.3 is 0 Å². The first-order valence-electron chi connectivity index (χ1n) is 26.3. The summed E-state index contributed by atoms with van der Waals surface area (Å²) in [6.45, 7) is 21.3. The Kier molecular flexibility index (Phi) is 14.7. The SMILES string of the molecule is C=C1C2=C(CC=C2)CC2(c3cc(-c4ccc(C)cc4)ccc31)c1ccccc1-c1cc(-c3ccc(C)cc3)ccc12.CC.CC.Cc1ccccc1-c1ccccc1C.c1ccc2c(c1)CC1=C2CCC1. The molecule has 0 bridgehead atoms. The highest BCUT2D eigenvalue weighted by Gasteiger charge is 2.48. The Hall–Kier alpha value is -7.28. The molecule has 0 amide bonds. The molecule has 1 atom stereocenters.